The van der Waals surface area contributed by atoms with Crippen molar-refractivity contribution in [3.63, 3.8) is 0 Å². The molecule has 3 rings (SSSR count). The molecule has 7 nitrogen and oxygen atoms in total. The molecule has 2 aromatic rings. The SMILES string of the molecule is CC(=O)c1ccc(N2C(=O)C[C@H](Nc3cc(C(=O)O)ccc3C)C2=O)cc1. The first kappa shape index (κ1) is 18.3. The van der Waals surface area contributed by atoms with Gasteiger partial charge in [-0.25, -0.2) is 9.69 Å². The molecule has 0 saturated carbocycles. The molecule has 1 atom stereocenters. The van der Waals surface area contributed by atoms with Crippen molar-refractivity contribution in [2.24, 2.45) is 0 Å². The first-order valence-electron chi connectivity index (χ1n) is 8.36. The van der Waals surface area contributed by atoms with Gasteiger partial charge in [-0.2, -0.15) is 0 Å². The Kier molecular flexibility index (Phi) is 4.77. The van der Waals surface area contributed by atoms with Crippen LogP contribution in [0.2, 0.25) is 0 Å². The molecule has 2 N–H and O–H groups in total. The van der Waals surface area contributed by atoms with Gasteiger partial charge in [0.05, 0.1) is 17.7 Å². The summed E-state index contributed by atoms with van der Waals surface area (Å²) >= 11 is 0. The van der Waals surface area contributed by atoms with Gasteiger partial charge < -0.3 is 10.4 Å². The van der Waals surface area contributed by atoms with Gasteiger partial charge in [-0.05, 0) is 55.8 Å². The molecule has 0 aliphatic carbocycles. The number of anilines is 2. The second kappa shape index (κ2) is 7.03. The summed E-state index contributed by atoms with van der Waals surface area (Å²) in [6.07, 6.45) is -0.0377. The first-order chi connectivity index (χ1) is 12.8. The van der Waals surface area contributed by atoms with E-state index in [0.717, 1.165) is 10.5 Å². The fourth-order valence-corrected chi connectivity index (χ4v) is 2.96. The van der Waals surface area contributed by atoms with Gasteiger partial charge in [0.25, 0.3) is 5.91 Å². The predicted molar refractivity (Wildman–Crippen MR) is 99.1 cm³/mol. The maximum atomic E-state index is 12.7. The number of hydrogen-bond donors (Lipinski definition) is 2. The zero-order valence-electron chi connectivity index (χ0n) is 14.9. The van der Waals surface area contributed by atoms with Crippen molar-refractivity contribution < 1.29 is 24.3 Å². The molecule has 0 unspecified atom stereocenters. The number of hydrogen-bond acceptors (Lipinski definition) is 5. The minimum absolute atomic E-state index is 0.0377. The van der Waals surface area contributed by atoms with Crippen LogP contribution in [0.3, 0.4) is 0 Å². The van der Waals surface area contributed by atoms with Crippen LogP contribution >= 0.6 is 0 Å². The molecule has 7 heteroatoms. The minimum atomic E-state index is -1.07. The number of aryl methyl sites for hydroxylation is 1. The lowest BCUT2D eigenvalue weighted by Gasteiger charge is -2.17. The van der Waals surface area contributed by atoms with Crippen molar-refractivity contribution in [2.75, 3.05) is 10.2 Å². The van der Waals surface area contributed by atoms with E-state index in [-0.39, 0.29) is 23.7 Å². The Morgan fingerprint density at radius 1 is 1.07 bits per heavy atom. The Morgan fingerprint density at radius 2 is 1.70 bits per heavy atom. The van der Waals surface area contributed by atoms with E-state index in [9.17, 15) is 19.2 Å². The third-order valence-electron chi connectivity index (χ3n) is 4.49. The van der Waals surface area contributed by atoms with Crippen LogP contribution in [-0.4, -0.2) is 34.7 Å². The van der Waals surface area contributed by atoms with Crippen LogP contribution in [0.1, 0.15) is 39.6 Å². The third kappa shape index (κ3) is 3.57. The molecule has 1 heterocycles. The topological polar surface area (TPSA) is 104 Å². The first-order valence-corrected chi connectivity index (χ1v) is 8.36. The van der Waals surface area contributed by atoms with E-state index >= 15 is 0 Å². The normalized spacial score (nSPS) is 16.5. The third-order valence-corrected chi connectivity index (χ3v) is 4.49. The van der Waals surface area contributed by atoms with E-state index in [2.05, 4.69) is 5.32 Å². The monoisotopic (exact) mass is 366 g/mol. The van der Waals surface area contributed by atoms with Crippen molar-refractivity contribution >= 4 is 34.9 Å². The molecular weight excluding hydrogens is 348 g/mol. The zero-order chi connectivity index (χ0) is 19.7. The fraction of sp³-hybridized carbons (Fsp3) is 0.200. The molecule has 27 heavy (non-hydrogen) atoms. The molecular formula is C20H18N2O5. The van der Waals surface area contributed by atoms with Crippen LogP contribution in [-0.2, 0) is 9.59 Å². The summed E-state index contributed by atoms with van der Waals surface area (Å²) in [5.41, 5.74) is 2.25. The molecule has 1 aliphatic rings. The highest BCUT2D eigenvalue weighted by Crippen LogP contribution is 2.27. The number of amides is 2. The molecule has 2 aromatic carbocycles. The van der Waals surface area contributed by atoms with Crippen LogP contribution in [0.25, 0.3) is 0 Å². The molecule has 0 radical (unpaired) electrons. The van der Waals surface area contributed by atoms with Crippen molar-refractivity contribution in [3.05, 3.63) is 59.2 Å². The standard InChI is InChI=1S/C20H18N2O5/c1-11-3-4-14(20(26)27)9-16(11)21-17-10-18(24)22(19(17)25)15-7-5-13(6-8-15)12(2)23/h3-9,17,21H,10H2,1-2H3,(H,26,27)/t17-/m0/s1. The zero-order valence-corrected chi connectivity index (χ0v) is 14.9. The largest absolute Gasteiger partial charge is 0.478 e. The number of rotatable bonds is 5. The number of carboxylic acids is 1. The molecule has 1 saturated heterocycles. The summed E-state index contributed by atoms with van der Waals surface area (Å²) in [4.78, 5) is 48.7. The highest BCUT2D eigenvalue weighted by atomic mass is 16.4. The molecule has 138 valence electrons. The van der Waals surface area contributed by atoms with Crippen molar-refractivity contribution in [1.82, 2.24) is 0 Å². The predicted octanol–water partition coefficient (Wildman–Crippen LogP) is 2.64. The molecule has 2 amide bonds. The lowest BCUT2D eigenvalue weighted by Crippen LogP contribution is -2.35. The van der Waals surface area contributed by atoms with Gasteiger partial charge in [-0.1, -0.05) is 6.07 Å². The fourth-order valence-electron chi connectivity index (χ4n) is 2.96. The number of aromatic carboxylic acids is 1. The van der Waals surface area contributed by atoms with E-state index in [0.29, 0.717) is 16.9 Å². The summed E-state index contributed by atoms with van der Waals surface area (Å²) in [6.45, 7) is 3.22. The number of carbonyl (C=O) groups is 4. The number of imide groups is 1. The van der Waals surface area contributed by atoms with Gasteiger partial charge in [0, 0.05) is 11.3 Å². The van der Waals surface area contributed by atoms with E-state index in [1.807, 2.05) is 0 Å². The van der Waals surface area contributed by atoms with Crippen molar-refractivity contribution in [3.8, 4) is 0 Å². The van der Waals surface area contributed by atoms with Gasteiger partial charge in [0.1, 0.15) is 6.04 Å². The second-order valence-electron chi connectivity index (χ2n) is 6.41. The van der Waals surface area contributed by atoms with Crippen LogP contribution in [0, 0.1) is 6.92 Å². The number of carboxylic acid groups (broad SMARTS) is 1. The highest BCUT2D eigenvalue weighted by Gasteiger charge is 2.39. The Labute approximate surface area is 155 Å². The summed E-state index contributed by atoms with van der Waals surface area (Å²) in [5, 5.41) is 12.1. The smallest absolute Gasteiger partial charge is 0.335 e. The van der Waals surface area contributed by atoms with Gasteiger partial charge in [0.2, 0.25) is 5.91 Å². The lowest BCUT2D eigenvalue weighted by molar-refractivity contribution is -0.121. The van der Waals surface area contributed by atoms with E-state index in [1.54, 1.807) is 37.3 Å². The quantitative estimate of drug-likeness (QED) is 0.623. The Hall–Kier alpha value is -3.48. The van der Waals surface area contributed by atoms with Gasteiger partial charge >= 0.3 is 5.97 Å². The number of ketones is 1. The molecule has 1 fully saturated rings. The number of nitrogens with zero attached hydrogens (tertiary/aromatic N) is 1. The molecule has 0 spiro atoms. The van der Waals surface area contributed by atoms with Crippen LogP contribution in [0.5, 0.6) is 0 Å². The Balaban J connectivity index is 1.83. The number of carbonyl (C=O) groups excluding carboxylic acids is 3. The van der Waals surface area contributed by atoms with Crippen molar-refractivity contribution in [2.45, 2.75) is 26.3 Å². The second-order valence-corrected chi connectivity index (χ2v) is 6.41. The summed E-state index contributed by atoms with van der Waals surface area (Å²) in [6, 6.07) is 10.0. The van der Waals surface area contributed by atoms with Gasteiger partial charge in [-0.15, -0.1) is 0 Å². The van der Waals surface area contributed by atoms with Crippen LogP contribution in [0.15, 0.2) is 42.5 Å². The van der Waals surface area contributed by atoms with Crippen molar-refractivity contribution in [1.29, 1.82) is 0 Å². The lowest BCUT2D eigenvalue weighted by atomic mass is 10.1. The average Bonchev–Trinajstić information content (AvgIpc) is 2.90. The maximum absolute atomic E-state index is 12.7. The van der Waals surface area contributed by atoms with E-state index in [4.69, 9.17) is 5.11 Å². The van der Waals surface area contributed by atoms with E-state index in [1.165, 1.54) is 19.1 Å². The van der Waals surface area contributed by atoms with Gasteiger partial charge in [0.15, 0.2) is 5.78 Å². The highest BCUT2D eigenvalue weighted by molar-refractivity contribution is 6.23. The molecule has 1 aliphatic heterocycles. The summed E-state index contributed by atoms with van der Waals surface area (Å²) in [7, 11) is 0. The molecule has 0 bridgehead atoms. The maximum Gasteiger partial charge on any atom is 0.335 e. The Morgan fingerprint density at radius 3 is 2.30 bits per heavy atom. The number of Topliss-reactive ketones (excluding diaryl/α,β-unsaturated/α-hetero) is 1. The van der Waals surface area contributed by atoms with Gasteiger partial charge in [-0.3, -0.25) is 14.4 Å². The van der Waals surface area contributed by atoms with Crippen LogP contribution in [0.4, 0.5) is 11.4 Å². The number of benzene rings is 2. The molecule has 0 aromatic heterocycles. The average molecular weight is 366 g/mol. The minimum Gasteiger partial charge on any atom is -0.478 e. The Bertz CT molecular complexity index is 949. The van der Waals surface area contributed by atoms with E-state index < -0.39 is 17.9 Å². The van der Waals surface area contributed by atoms with Crippen LogP contribution < -0.4 is 10.2 Å². The summed E-state index contributed by atoms with van der Waals surface area (Å²) < 4.78 is 0. The summed E-state index contributed by atoms with van der Waals surface area (Å²) in [5.74, 6) is -1.95. The number of nitrogens with one attached hydrogen (secondary N) is 1.